The summed E-state index contributed by atoms with van der Waals surface area (Å²) in [7, 11) is 0. The van der Waals surface area contributed by atoms with E-state index in [2.05, 4.69) is 55.7 Å². The van der Waals surface area contributed by atoms with Crippen LogP contribution in [-0.2, 0) is 13.2 Å². The summed E-state index contributed by atoms with van der Waals surface area (Å²) in [6, 6.07) is 16.5. The van der Waals surface area contributed by atoms with Gasteiger partial charge < -0.3 is 9.30 Å². The van der Waals surface area contributed by atoms with E-state index >= 15 is 0 Å². The number of nitrogens with zero attached hydrogens (tertiary/aromatic N) is 2. The largest absolute Gasteiger partial charge is 0.486 e. The first kappa shape index (κ1) is 15.6. The predicted molar refractivity (Wildman–Crippen MR) is 94.7 cm³/mol. The summed E-state index contributed by atoms with van der Waals surface area (Å²) in [5.74, 6) is 2.51. The predicted octanol–water partition coefficient (Wildman–Crippen LogP) is 4.97. The van der Waals surface area contributed by atoms with Gasteiger partial charge in [0.25, 0.3) is 0 Å². The highest BCUT2D eigenvalue weighted by Crippen LogP contribution is 2.21. The van der Waals surface area contributed by atoms with Crippen LogP contribution in [0.25, 0.3) is 11.0 Å². The van der Waals surface area contributed by atoms with Crippen molar-refractivity contribution in [3.63, 3.8) is 0 Å². The third-order valence-electron chi connectivity index (χ3n) is 4.28. The molecule has 1 unspecified atom stereocenters. The number of para-hydroxylation sites is 2. The van der Waals surface area contributed by atoms with Crippen molar-refractivity contribution in [1.82, 2.24) is 9.55 Å². The van der Waals surface area contributed by atoms with Crippen LogP contribution in [0.2, 0.25) is 0 Å². The van der Waals surface area contributed by atoms with Crippen LogP contribution in [0, 0.1) is 12.8 Å². The Morgan fingerprint density at radius 2 is 1.96 bits per heavy atom. The molecule has 0 spiro atoms. The first-order chi connectivity index (χ1) is 11.2. The number of hydrogen-bond donors (Lipinski definition) is 0. The second-order valence-corrected chi connectivity index (χ2v) is 6.25. The molecule has 120 valence electrons. The first-order valence-electron chi connectivity index (χ1n) is 8.31. The van der Waals surface area contributed by atoms with Crippen molar-refractivity contribution in [2.24, 2.45) is 5.92 Å². The quantitative estimate of drug-likeness (QED) is 0.643. The smallest absolute Gasteiger partial charge is 0.148 e. The molecule has 0 saturated carbocycles. The minimum Gasteiger partial charge on any atom is -0.486 e. The molecule has 0 aliphatic carbocycles. The van der Waals surface area contributed by atoms with Crippen LogP contribution in [-0.4, -0.2) is 9.55 Å². The lowest BCUT2D eigenvalue weighted by Crippen LogP contribution is -2.12. The Balaban J connectivity index is 1.88. The van der Waals surface area contributed by atoms with E-state index in [1.54, 1.807) is 0 Å². The Bertz CT molecular complexity index is 791. The molecule has 0 aliphatic rings. The number of hydrogen-bond acceptors (Lipinski definition) is 2. The molecule has 23 heavy (non-hydrogen) atoms. The van der Waals surface area contributed by atoms with Crippen LogP contribution in [0.5, 0.6) is 5.75 Å². The number of imidazole rings is 1. The molecule has 0 N–H and O–H groups in total. The molecule has 1 heterocycles. The van der Waals surface area contributed by atoms with Crippen molar-refractivity contribution in [2.45, 2.75) is 40.3 Å². The van der Waals surface area contributed by atoms with Gasteiger partial charge in [-0.3, -0.25) is 0 Å². The maximum Gasteiger partial charge on any atom is 0.148 e. The molecular weight excluding hydrogens is 284 g/mol. The SMILES string of the molecule is CCC(C)Cn1c(COc2cccc(C)c2)nc2ccccc21. The molecular formula is C20H24N2O. The van der Waals surface area contributed by atoms with Gasteiger partial charge in [-0.2, -0.15) is 0 Å². The summed E-state index contributed by atoms with van der Waals surface area (Å²) in [5, 5.41) is 0. The maximum atomic E-state index is 5.97. The molecule has 0 bridgehead atoms. The number of fused-ring (bicyclic) bond motifs is 1. The molecule has 1 atom stereocenters. The Morgan fingerprint density at radius 3 is 2.74 bits per heavy atom. The average molecular weight is 308 g/mol. The molecule has 3 aromatic rings. The van der Waals surface area contributed by atoms with Gasteiger partial charge in [0, 0.05) is 6.54 Å². The van der Waals surface area contributed by atoms with Gasteiger partial charge in [0.1, 0.15) is 18.2 Å². The Morgan fingerprint density at radius 1 is 1.13 bits per heavy atom. The highest BCUT2D eigenvalue weighted by Gasteiger charge is 2.13. The fourth-order valence-electron chi connectivity index (χ4n) is 2.73. The van der Waals surface area contributed by atoms with Crippen molar-refractivity contribution >= 4 is 11.0 Å². The molecule has 0 amide bonds. The number of aromatic nitrogens is 2. The van der Waals surface area contributed by atoms with Crippen LogP contribution in [0.1, 0.15) is 31.7 Å². The zero-order chi connectivity index (χ0) is 16.2. The number of ether oxygens (including phenoxy) is 1. The highest BCUT2D eigenvalue weighted by molar-refractivity contribution is 5.75. The summed E-state index contributed by atoms with van der Waals surface area (Å²) in [5.41, 5.74) is 3.44. The van der Waals surface area contributed by atoms with E-state index in [9.17, 15) is 0 Å². The lowest BCUT2D eigenvalue weighted by atomic mass is 10.1. The summed E-state index contributed by atoms with van der Waals surface area (Å²) in [4.78, 5) is 4.78. The standard InChI is InChI=1S/C20H24N2O/c1-4-15(2)13-22-19-11-6-5-10-18(19)21-20(22)14-23-17-9-7-8-16(3)12-17/h5-12,15H,4,13-14H2,1-3H3. The molecule has 0 aliphatic heterocycles. The van der Waals surface area contributed by atoms with Gasteiger partial charge in [-0.05, 0) is 42.7 Å². The third-order valence-corrected chi connectivity index (χ3v) is 4.28. The summed E-state index contributed by atoms with van der Waals surface area (Å²) in [6.07, 6.45) is 1.16. The van der Waals surface area contributed by atoms with E-state index in [4.69, 9.17) is 9.72 Å². The van der Waals surface area contributed by atoms with E-state index in [0.29, 0.717) is 12.5 Å². The van der Waals surface area contributed by atoms with Gasteiger partial charge in [-0.15, -0.1) is 0 Å². The molecule has 3 rings (SSSR count). The number of aryl methyl sites for hydroxylation is 1. The zero-order valence-corrected chi connectivity index (χ0v) is 14.1. The van der Waals surface area contributed by atoms with Crippen LogP contribution in [0.15, 0.2) is 48.5 Å². The molecule has 0 fully saturated rings. The Hall–Kier alpha value is -2.29. The fraction of sp³-hybridized carbons (Fsp3) is 0.350. The third kappa shape index (κ3) is 3.55. The minimum absolute atomic E-state index is 0.495. The van der Waals surface area contributed by atoms with Crippen molar-refractivity contribution in [1.29, 1.82) is 0 Å². The van der Waals surface area contributed by atoms with Gasteiger partial charge >= 0.3 is 0 Å². The molecule has 0 saturated heterocycles. The Labute approximate surface area is 137 Å². The van der Waals surface area contributed by atoms with Gasteiger partial charge in [-0.25, -0.2) is 4.98 Å². The topological polar surface area (TPSA) is 27.1 Å². The van der Waals surface area contributed by atoms with Gasteiger partial charge in [0.05, 0.1) is 11.0 Å². The average Bonchev–Trinajstić information content (AvgIpc) is 2.91. The van der Waals surface area contributed by atoms with Crippen molar-refractivity contribution in [2.75, 3.05) is 0 Å². The van der Waals surface area contributed by atoms with E-state index in [0.717, 1.165) is 30.1 Å². The zero-order valence-electron chi connectivity index (χ0n) is 14.1. The van der Waals surface area contributed by atoms with E-state index in [-0.39, 0.29) is 0 Å². The lowest BCUT2D eigenvalue weighted by molar-refractivity contribution is 0.286. The van der Waals surface area contributed by atoms with E-state index < -0.39 is 0 Å². The van der Waals surface area contributed by atoms with Gasteiger partial charge in [0.2, 0.25) is 0 Å². The Kier molecular flexibility index (Phi) is 4.65. The van der Waals surface area contributed by atoms with Crippen LogP contribution < -0.4 is 4.74 Å². The normalized spacial score (nSPS) is 12.5. The molecule has 2 aromatic carbocycles. The molecule has 0 radical (unpaired) electrons. The lowest BCUT2D eigenvalue weighted by Gasteiger charge is -2.14. The van der Waals surface area contributed by atoms with Gasteiger partial charge in [-0.1, -0.05) is 44.5 Å². The van der Waals surface area contributed by atoms with Crippen molar-refractivity contribution in [3.8, 4) is 5.75 Å². The van der Waals surface area contributed by atoms with Crippen LogP contribution in [0.4, 0.5) is 0 Å². The number of rotatable bonds is 6. The fourth-order valence-corrected chi connectivity index (χ4v) is 2.73. The van der Waals surface area contributed by atoms with Gasteiger partial charge in [0.15, 0.2) is 0 Å². The van der Waals surface area contributed by atoms with E-state index in [1.165, 1.54) is 11.1 Å². The molecule has 1 aromatic heterocycles. The van der Waals surface area contributed by atoms with E-state index in [1.807, 2.05) is 18.2 Å². The first-order valence-corrected chi connectivity index (χ1v) is 8.31. The molecule has 3 nitrogen and oxygen atoms in total. The number of benzene rings is 2. The van der Waals surface area contributed by atoms with Crippen molar-refractivity contribution < 1.29 is 4.74 Å². The van der Waals surface area contributed by atoms with Crippen LogP contribution >= 0.6 is 0 Å². The summed E-state index contributed by atoms with van der Waals surface area (Å²) in [6.45, 7) is 8.05. The highest BCUT2D eigenvalue weighted by atomic mass is 16.5. The minimum atomic E-state index is 0.495. The van der Waals surface area contributed by atoms with Crippen LogP contribution in [0.3, 0.4) is 0 Å². The second-order valence-electron chi connectivity index (χ2n) is 6.25. The summed E-state index contributed by atoms with van der Waals surface area (Å²) < 4.78 is 8.28. The second kappa shape index (κ2) is 6.86. The maximum absolute atomic E-state index is 5.97. The molecule has 3 heteroatoms. The monoisotopic (exact) mass is 308 g/mol. The van der Waals surface area contributed by atoms with Crippen molar-refractivity contribution in [3.05, 3.63) is 59.9 Å². The summed E-state index contributed by atoms with van der Waals surface area (Å²) >= 11 is 0.